The van der Waals surface area contributed by atoms with Crippen molar-refractivity contribution >= 4 is 55.1 Å². The highest BCUT2D eigenvalue weighted by atomic mass is 32.1. The van der Waals surface area contributed by atoms with E-state index in [9.17, 15) is 0 Å². The number of hydrogen-bond acceptors (Lipinski definition) is 5. The van der Waals surface area contributed by atoms with Gasteiger partial charge < -0.3 is 9.32 Å². The van der Waals surface area contributed by atoms with Crippen LogP contribution in [0.15, 0.2) is 132 Å². The van der Waals surface area contributed by atoms with Gasteiger partial charge in [0.05, 0.1) is 17.1 Å². The van der Waals surface area contributed by atoms with Gasteiger partial charge in [0.25, 0.3) is 0 Å². The van der Waals surface area contributed by atoms with Crippen LogP contribution in [-0.4, -0.2) is 9.97 Å². The van der Waals surface area contributed by atoms with Gasteiger partial charge in [0.15, 0.2) is 0 Å². The fourth-order valence-corrected chi connectivity index (χ4v) is 8.65. The Bertz CT molecular complexity index is 2390. The van der Waals surface area contributed by atoms with Gasteiger partial charge in [-0.25, -0.2) is 4.98 Å². The summed E-state index contributed by atoms with van der Waals surface area (Å²) in [5, 5.41) is 3.28. The monoisotopic (exact) mass is 569 g/mol. The predicted molar refractivity (Wildman–Crippen MR) is 175 cm³/mol. The molecule has 0 saturated carbocycles. The normalized spacial score (nSPS) is 16.8. The highest BCUT2D eigenvalue weighted by molar-refractivity contribution is 7.22. The van der Waals surface area contributed by atoms with E-state index >= 15 is 0 Å². The Balaban J connectivity index is 1.31. The molecule has 5 heteroatoms. The number of fused-ring (bicyclic) bond motifs is 13. The molecule has 1 aliphatic heterocycles. The molecular formula is C38H23N3OS. The van der Waals surface area contributed by atoms with E-state index in [4.69, 9.17) is 14.4 Å². The minimum atomic E-state index is 0.00361. The molecule has 10 rings (SSSR count). The van der Waals surface area contributed by atoms with Crippen molar-refractivity contribution in [3.8, 4) is 21.7 Å². The van der Waals surface area contributed by atoms with E-state index in [2.05, 4.69) is 108 Å². The summed E-state index contributed by atoms with van der Waals surface area (Å²) in [6.07, 6.45) is 0. The fourth-order valence-electron chi connectivity index (χ4n) is 7.36. The lowest BCUT2D eigenvalue weighted by atomic mass is 9.76. The summed E-state index contributed by atoms with van der Waals surface area (Å²) >= 11 is 1.89. The van der Waals surface area contributed by atoms with Crippen LogP contribution in [0.2, 0.25) is 0 Å². The van der Waals surface area contributed by atoms with Crippen LogP contribution < -0.4 is 4.90 Å². The van der Waals surface area contributed by atoms with Crippen LogP contribution in [0.25, 0.3) is 53.9 Å². The molecule has 5 aromatic carbocycles. The van der Waals surface area contributed by atoms with E-state index in [0.717, 1.165) is 33.3 Å². The second-order valence-electron chi connectivity index (χ2n) is 11.3. The first-order valence-corrected chi connectivity index (χ1v) is 15.4. The number of rotatable bonds is 2. The quantitative estimate of drug-likeness (QED) is 0.208. The molecule has 0 fully saturated rings. The Morgan fingerprint density at radius 3 is 2.28 bits per heavy atom. The van der Waals surface area contributed by atoms with Crippen molar-refractivity contribution < 1.29 is 4.42 Å². The molecule has 0 bridgehead atoms. The molecule has 0 amide bonds. The standard InChI is InChI=1S/C38H23N3OS/c1-2-12-22(13-3-1)34-32-26-17-7-10-20-29(26)42-37(32)40-38(39-34)41-28-19-9-6-16-25(28)31-23-14-4-5-15-24(23)36-33(35(31)41)27-18-8-11-21-30(27)43-36/h1-21,31,35H. The number of para-hydroxylation sites is 2. The molecule has 2 aliphatic rings. The van der Waals surface area contributed by atoms with Crippen LogP contribution in [-0.2, 0) is 0 Å². The second kappa shape index (κ2) is 8.63. The summed E-state index contributed by atoms with van der Waals surface area (Å²) < 4.78 is 7.75. The highest BCUT2D eigenvalue weighted by Gasteiger charge is 2.48. The molecule has 202 valence electrons. The van der Waals surface area contributed by atoms with Gasteiger partial charge in [-0.05, 0) is 40.3 Å². The Hall–Kier alpha value is -5.26. The predicted octanol–water partition coefficient (Wildman–Crippen LogP) is 10.3. The Morgan fingerprint density at radius 1 is 0.651 bits per heavy atom. The first-order chi connectivity index (χ1) is 21.3. The van der Waals surface area contributed by atoms with Gasteiger partial charge in [-0.2, -0.15) is 4.98 Å². The number of thiophene rings is 1. The van der Waals surface area contributed by atoms with Crippen molar-refractivity contribution in [2.24, 2.45) is 0 Å². The van der Waals surface area contributed by atoms with E-state index in [1.165, 1.54) is 37.2 Å². The maximum atomic E-state index is 6.44. The topological polar surface area (TPSA) is 42.2 Å². The SMILES string of the molecule is c1ccc(-c2nc(N3c4ccccc4C4c5ccccc5-c5sc6ccccc6c5C43)nc3oc4ccccc4c23)cc1. The zero-order valence-electron chi connectivity index (χ0n) is 22.9. The van der Waals surface area contributed by atoms with E-state index in [1.54, 1.807) is 0 Å². The number of aromatic nitrogens is 2. The number of hydrogen-bond donors (Lipinski definition) is 0. The summed E-state index contributed by atoms with van der Waals surface area (Å²) in [5.74, 6) is 0.805. The first kappa shape index (κ1) is 23.3. The largest absolute Gasteiger partial charge is 0.437 e. The maximum absolute atomic E-state index is 6.44. The molecule has 4 nitrogen and oxygen atoms in total. The molecule has 0 saturated heterocycles. The molecule has 4 heterocycles. The van der Waals surface area contributed by atoms with Crippen molar-refractivity contribution in [2.45, 2.75) is 12.0 Å². The van der Waals surface area contributed by atoms with Crippen molar-refractivity contribution in [3.05, 3.63) is 144 Å². The Labute approximate surface area is 251 Å². The molecule has 43 heavy (non-hydrogen) atoms. The molecule has 0 radical (unpaired) electrons. The Kier molecular flexibility index (Phi) is 4.68. The van der Waals surface area contributed by atoms with Gasteiger partial charge in [0.1, 0.15) is 5.58 Å². The van der Waals surface area contributed by atoms with Gasteiger partial charge in [-0.1, -0.05) is 109 Å². The van der Waals surface area contributed by atoms with Crippen LogP contribution in [0.1, 0.15) is 28.7 Å². The number of benzene rings is 5. The lowest BCUT2D eigenvalue weighted by Gasteiger charge is -2.34. The fraction of sp³-hybridized carbons (Fsp3) is 0.0526. The van der Waals surface area contributed by atoms with Gasteiger partial charge in [0.2, 0.25) is 11.7 Å². The zero-order valence-corrected chi connectivity index (χ0v) is 23.8. The molecule has 1 aliphatic carbocycles. The smallest absolute Gasteiger partial charge is 0.234 e. The average Bonchev–Trinajstić information content (AvgIpc) is 3.74. The number of anilines is 2. The van der Waals surface area contributed by atoms with Crippen LogP contribution in [0.4, 0.5) is 11.6 Å². The number of furan rings is 1. The summed E-state index contributed by atoms with van der Waals surface area (Å²) in [5.41, 5.74) is 9.84. The summed E-state index contributed by atoms with van der Waals surface area (Å²) in [4.78, 5) is 14.4. The van der Waals surface area contributed by atoms with Gasteiger partial charge in [-0.15, -0.1) is 11.3 Å². The lowest BCUT2D eigenvalue weighted by molar-refractivity contribution is 0.634. The van der Waals surface area contributed by atoms with E-state index < -0.39 is 0 Å². The summed E-state index contributed by atoms with van der Waals surface area (Å²) in [6.45, 7) is 0. The molecule has 2 atom stereocenters. The van der Waals surface area contributed by atoms with Gasteiger partial charge in [0, 0.05) is 37.7 Å². The molecular weight excluding hydrogens is 547 g/mol. The van der Waals surface area contributed by atoms with Crippen LogP contribution >= 0.6 is 11.3 Å². The molecule has 2 unspecified atom stereocenters. The molecule has 8 aromatic rings. The van der Waals surface area contributed by atoms with Gasteiger partial charge in [-0.3, -0.25) is 0 Å². The second-order valence-corrected chi connectivity index (χ2v) is 12.3. The summed E-state index contributed by atoms with van der Waals surface area (Å²) in [7, 11) is 0. The van der Waals surface area contributed by atoms with Crippen molar-refractivity contribution in [1.29, 1.82) is 0 Å². The third-order valence-electron chi connectivity index (χ3n) is 9.09. The van der Waals surface area contributed by atoms with E-state index in [1.807, 2.05) is 35.6 Å². The molecule has 0 N–H and O–H groups in total. The third kappa shape index (κ3) is 3.14. The van der Waals surface area contributed by atoms with Crippen molar-refractivity contribution in [2.75, 3.05) is 4.90 Å². The van der Waals surface area contributed by atoms with Crippen molar-refractivity contribution in [3.63, 3.8) is 0 Å². The maximum Gasteiger partial charge on any atom is 0.234 e. The van der Waals surface area contributed by atoms with E-state index in [0.29, 0.717) is 11.7 Å². The van der Waals surface area contributed by atoms with E-state index in [-0.39, 0.29) is 12.0 Å². The Morgan fingerprint density at radius 2 is 1.37 bits per heavy atom. The minimum absolute atomic E-state index is 0.00361. The summed E-state index contributed by atoms with van der Waals surface area (Å²) in [6, 6.07) is 45.1. The van der Waals surface area contributed by atoms with Gasteiger partial charge >= 0.3 is 0 Å². The highest BCUT2D eigenvalue weighted by Crippen LogP contribution is 2.63. The third-order valence-corrected chi connectivity index (χ3v) is 10.3. The zero-order chi connectivity index (χ0) is 28.1. The first-order valence-electron chi connectivity index (χ1n) is 14.6. The van der Waals surface area contributed by atoms with Crippen LogP contribution in [0.3, 0.4) is 0 Å². The van der Waals surface area contributed by atoms with Crippen LogP contribution in [0, 0.1) is 0 Å². The van der Waals surface area contributed by atoms with Crippen LogP contribution in [0.5, 0.6) is 0 Å². The lowest BCUT2D eigenvalue weighted by Crippen LogP contribution is -2.27. The molecule has 3 aromatic heterocycles. The molecule has 0 spiro atoms. The van der Waals surface area contributed by atoms with Crippen molar-refractivity contribution in [1.82, 2.24) is 9.97 Å². The average molecular weight is 570 g/mol. The minimum Gasteiger partial charge on any atom is -0.437 e. The number of nitrogens with zero attached hydrogens (tertiary/aromatic N) is 3.